The molecule has 0 radical (unpaired) electrons. The van der Waals surface area contributed by atoms with Gasteiger partial charge in [-0.2, -0.15) is 0 Å². The van der Waals surface area contributed by atoms with E-state index in [-0.39, 0.29) is 5.75 Å². The van der Waals surface area contributed by atoms with Crippen LogP contribution in [-0.4, -0.2) is 6.36 Å². The predicted octanol–water partition coefficient (Wildman–Crippen LogP) is 10.1. The lowest BCUT2D eigenvalue weighted by atomic mass is 9.77. The molecule has 182 valence electrons. The Morgan fingerprint density at radius 3 is 1.76 bits per heavy atom. The van der Waals surface area contributed by atoms with Crippen molar-refractivity contribution < 1.29 is 17.9 Å². The maximum atomic E-state index is 12.3. The van der Waals surface area contributed by atoms with Crippen LogP contribution in [0.2, 0.25) is 0 Å². The lowest BCUT2D eigenvalue weighted by Gasteiger charge is -2.29. The number of rotatable bonds is 12. The molecule has 0 bridgehead atoms. The van der Waals surface area contributed by atoms with Gasteiger partial charge in [0, 0.05) is 0 Å². The maximum Gasteiger partial charge on any atom is 0.573 e. The van der Waals surface area contributed by atoms with E-state index in [0.29, 0.717) is 5.92 Å². The van der Waals surface area contributed by atoms with Gasteiger partial charge < -0.3 is 4.74 Å². The second-order valence-corrected chi connectivity index (χ2v) is 9.68. The van der Waals surface area contributed by atoms with E-state index in [2.05, 4.69) is 35.9 Å². The van der Waals surface area contributed by atoms with Crippen LogP contribution in [0.1, 0.15) is 102 Å². The first-order valence-corrected chi connectivity index (χ1v) is 12.9. The summed E-state index contributed by atoms with van der Waals surface area (Å²) in [4.78, 5) is 0. The van der Waals surface area contributed by atoms with E-state index in [1.54, 1.807) is 12.1 Å². The Morgan fingerprint density at radius 2 is 1.21 bits per heavy atom. The Hall–Kier alpha value is -1.97. The van der Waals surface area contributed by atoms with Crippen molar-refractivity contribution in [1.82, 2.24) is 0 Å². The van der Waals surface area contributed by atoms with Gasteiger partial charge in [0.25, 0.3) is 0 Å². The molecule has 0 atom stereocenters. The second-order valence-electron chi connectivity index (χ2n) is 9.68. The third-order valence-electron chi connectivity index (χ3n) is 7.12. The Bertz CT molecular complexity index is 787. The number of alkyl halides is 3. The van der Waals surface area contributed by atoms with Crippen molar-refractivity contribution in [3.8, 4) is 16.9 Å². The van der Waals surface area contributed by atoms with E-state index >= 15 is 0 Å². The Labute approximate surface area is 197 Å². The molecule has 1 aliphatic carbocycles. The minimum Gasteiger partial charge on any atom is -0.406 e. The molecule has 1 nitrogen and oxygen atoms in total. The fourth-order valence-corrected chi connectivity index (χ4v) is 5.15. The largest absolute Gasteiger partial charge is 0.573 e. The highest BCUT2D eigenvalue weighted by Crippen LogP contribution is 2.38. The summed E-state index contributed by atoms with van der Waals surface area (Å²) < 4.78 is 40.9. The molecule has 1 saturated carbocycles. The molecule has 0 aliphatic heterocycles. The van der Waals surface area contributed by atoms with E-state index in [0.717, 1.165) is 17.0 Å². The van der Waals surface area contributed by atoms with Crippen LogP contribution >= 0.6 is 0 Å². The van der Waals surface area contributed by atoms with Crippen LogP contribution < -0.4 is 4.74 Å². The second kappa shape index (κ2) is 13.1. The van der Waals surface area contributed by atoms with E-state index in [1.807, 2.05) is 0 Å². The van der Waals surface area contributed by atoms with E-state index < -0.39 is 6.36 Å². The van der Waals surface area contributed by atoms with Gasteiger partial charge in [0.1, 0.15) is 5.75 Å². The Kier molecular flexibility index (Phi) is 10.1. The lowest BCUT2D eigenvalue weighted by molar-refractivity contribution is -0.274. The minimum atomic E-state index is -4.66. The smallest absolute Gasteiger partial charge is 0.406 e. The zero-order valence-electron chi connectivity index (χ0n) is 20.0. The van der Waals surface area contributed by atoms with Crippen LogP contribution in [0, 0.1) is 5.92 Å². The highest BCUT2D eigenvalue weighted by Gasteiger charge is 2.31. The number of halogens is 3. The number of ether oxygens (including phenoxy) is 1. The van der Waals surface area contributed by atoms with Crippen molar-refractivity contribution in [2.45, 2.75) is 103 Å². The van der Waals surface area contributed by atoms with Crippen LogP contribution in [0.3, 0.4) is 0 Å². The number of benzene rings is 2. The standard InChI is InChI=1S/C29H39F3O/c1-2-3-4-5-6-7-8-9-10-23-11-13-24(14-12-23)25-15-17-26(18-16-25)27-19-21-28(22-20-27)33-29(30,31)32/h15-24H,2-14H2,1H3/t23-,24-. The average Bonchev–Trinajstić information content (AvgIpc) is 2.81. The van der Waals surface area contributed by atoms with Gasteiger partial charge in [-0.1, -0.05) is 101 Å². The van der Waals surface area contributed by atoms with Crippen molar-refractivity contribution in [3.05, 3.63) is 54.1 Å². The molecule has 3 rings (SSSR count). The van der Waals surface area contributed by atoms with Gasteiger partial charge in [-0.15, -0.1) is 13.2 Å². The summed E-state index contributed by atoms with van der Waals surface area (Å²) >= 11 is 0. The van der Waals surface area contributed by atoms with Gasteiger partial charge in [0.2, 0.25) is 0 Å². The molecule has 0 saturated heterocycles. The Balaban J connectivity index is 1.38. The molecule has 0 N–H and O–H groups in total. The molecule has 0 heterocycles. The van der Waals surface area contributed by atoms with Gasteiger partial charge in [-0.05, 0) is 66.3 Å². The number of hydrogen-bond acceptors (Lipinski definition) is 1. The summed E-state index contributed by atoms with van der Waals surface area (Å²) in [5, 5.41) is 0. The Morgan fingerprint density at radius 1 is 0.697 bits per heavy atom. The topological polar surface area (TPSA) is 9.23 Å². The average molecular weight is 461 g/mol. The molecule has 33 heavy (non-hydrogen) atoms. The number of hydrogen-bond donors (Lipinski definition) is 0. The van der Waals surface area contributed by atoms with Crippen molar-refractivity contribution in [1.29, 1.82) is 0 Å². The number of unbranched alkanes of at least 4 members (excludes halogenated alkanes) is 7. The van der Waals surface area contributed by atoms with Gasteiger partial charge >= 0.3 is 6.36 Å². The quantitative estimate of drug-likeness (QED) is 0.286. The van der Waals surface area contributed by atoms with Gasteiger partial charge in [0.05, 0.1) is 0 Å². The highest BCUT2D eigenvalue weighted by atomic mass is 19.4. The molecule has 4 heteroatoms. The summed E-state index contributed by atoms with van der Waals surface area (Å²) in [6.07, 6.45) is 13.1. The van der Waals surface area contributed by atoms with Gasteiger partial charge in [0.15, 0.2) is 0 Å². The lowest BCUT2D eigenvalue weighted by Crippen LogP contribution is -2.16. The van der Waals surface area contributed by atoms with Crippen LogP contribution in [0.5, 0.6) is 5.75 Å². The van der Waals surface area contributed by atoms with Crippen LogP contribution in [-0.2, 0) is 0 Å². The molecular formula is C29H39F3O. The molecular weight excluding hydrogens is 421 g/mol. The molecule has 1 fully saturated rings. The minimum absolute atomic E-state index is 0.188. The third-order valence-corrected chi connectivity index (χ3v) is 7.12. The molecule has 0 amide bonds. The van der Waals surface area contributed by atoms with E-state index in [1.165, 1.54) is 101 Å². The molecule has 0 spiro atoms. The van der Waals surface area contributed by atoms with Crippen molar-refractivity contribution in [2.24, 2.45) is 5.92 Å². The van der Waals surface area contributed by atoms with E-state index in [9.17, 15) is 13.2 Å². The monoisotopic (exact) mass is 460 g/mol. The summed E-state index contributed by atoms with van der Waals surface area (Å²) in [5.74, 6) is 1.35. The molecule has 0 aromatic heterocycles. The highest BCUT2D eigenvalue weighted by molar-refractivity contribution is 5.64. The fourth-order valence-electron chi connectivity index (χ4n) is 5.15. The van der Waals surface area contributed by atoms with Crippen molar-refractivity contribution in [2.75, 3.05) is 0 Å². The predicted molar refractivity (Wildman–Crippen MR) is 130 cm³/mol. The zero-order valence-corrected chi connectivity index (χ0v) is 20.0. The van der Waals surface area contributed by atoms with Gasteiger partial charge in [-0.3, -0.25) is 0 Å². The summed E-state index contributed by atoms with van der Waals surface area (Å²) in [6.45, 7) is 2.27. The van der Waals surface area contributed by atoms with Crippen LogP contribution in [0.25, 0.3) is 11.1 Å². The third kappa shape index (κ3) is 9.06. The van der Waals surface area contributed by atoms with Crippen molar-refractivity contribution >= 4 is 0 Å². The van der Waals surface area contributed by atoms with E-state index in [4.69, 9.17) is 0 Å². The van der Waals surface area contributed by atoms with Gasteiger partial charge in [-0.25, -0.2) is 0 Å². The summed E-state index contributed by atoms with van der Waals surface area (Å²) in [7, 11) is 0. The van der Waals surface area contributed by atoms with Crippen LogP contribution in [0.4, 0.5) is 13.2 Å². The summed E-state index contributed by atoms with van der Waals surface area (Å²) in [5.41, 5.74) is 3.30. The fraction of sp³-hybridized carbons (Fsp3) is 0.586. The molecule has 2 aromatic rings. The SMILES string of the molecule is CCCCCCCCCC[C@H]1CC[C@H](c2ccc(-c3ccc(OC(F)(F)F)cc3)cc2)CC1. The van der Waals surface area contributed by atoms with Crippen LogP contribution in [0.15, 0.2) is 48.5 Å². The molecule has 2 aromatic carbocycles. The first-order valence-electron chi connectivity index (χ1n) is 12.9. The first-order chi connectivity index (χ1) is 15.9. The molecule has 0 unspecified atom stereocenters. The van der Waals surface area contributed by atoms with Crippen molar-refractivity contribution in [3.63, 3.8) is 0 Å². The molecule has 1 aliphatic rings. The first kappa shape index (κ1) is 25.6. The normalized spacial score (nSPS) is 18.9. The zero-order chi connectivity index (χ0) is 23.5. The maximum absolute atomic E-state index is 12.3. The summed E-state index contributed by atoms with van der Waals surface area (Å²) in [6, 6.07) is 14.6.